The van der Waals surface area contributed by atoms with Crippen molar-refractivity contribution in [3.63, 3.8) is 0 Å². The molecule has 1 heterocycles. The van der Waals surface area contributed by atoms with E-state index in [4.69, 9.17) is 11.6 Å². The van der Waals surface area contributed by atoms with Gasteiger partial charge in [0.15, 0.2) is 0 Å². The van der Waals surface area contributed by atoms with Crippen molar-refractivity contribution in [1.29, 1.82) is 0 Å². The van der Waals surface area contributed by atoms with Gasteiger partial charge in [-0.25, -0.2) is 4.98 Å². The highest BCUT2D eigenvalue weighted by molar-refractivity contribution is 6.20. The predicted octanol–water partition coefficient (Wildman–Crippen LogP) is 3.99. The maximum atomic E-state index is 6.40. The van der Waals surface area contributed by atoms with E-state index >= 15 is 0 Å². The molecule has 0 saturated carbocycles. The fourth-order valence-corrected chi connectivity index (χ4v) is 2.45. The molecule has 1 aromatic carbocycles. The highest BCUT2D eigenvalue weighted by Gasteiger charge is 2.09. The van der Waals surface area contributed by atoms with Crippen LogP contribution in [0.3, 0.4) is 0 Å². The van der Waals surface area contributed by atoms with Crippen LogP contribution in [0.25, 0.3) is 0 Å². The summed E-state index contributed by atoms with van der Waals surface area (Å²) in [4.78, 5) is 4.31. The van der Waals surface area contributed by atoms with Gasteiger partial charge in [-0.15, -0.1) is 11.6 Å². The lowest BCUT2D eigenvalue weighted by molar-refractivity contribution is 0.555. The summed E-state index contributed by atoms with van der Waals surface area (Å²) in [7, 11) is 0. The van der Waals surface area contributed by atoms with Crippen LogP contribution in [0, 0.1) is 0 Å². The Morgan fingerprint density at radius 2 is 2.05 bits per heavy atom. The highest BCUT2D eigenvalue weighted by atomic mass is 35.5. The van der Waals surface area contributed by atoms with E-state index < -0.39 is 0 Å². The number of halogens is 1. The monoisotopic (exact) mass is 277 g/mol. The van der Waals surface area contributed by atoms with E-state index in [9.17, 15) is 0 Å². The Bertz CT molecular complexity index is 481. The summed E-state index contributed by atoms with van der Waals surface area (Å²) in [5.41, 5.74) is 1.19. The van der Waals surface area contributed by atoms with Gasteiger partial charge in [-0.05, 0) is 24.8 Å². The van der Waals surface area contributed by atoms with Crippen LogP contribution in [-0.2, 0) is 13.0 Å². The predicted molar refractivity (Wildman–Crippen MR) is 78.3 cm³/mol. The Balaban J connectivity index is 1.81. The van der Waals surface area contributed by atoms with Gasteiger partial charge in [-0.3, -0.25) is 4.68 Å². The Morgan fingerprint density at radius 1 is 1.26 bits per heavy atom. The molecule has 1 unspecified atom stereocenters. The van der Waals surface area contributed by atoms with Crippen LogP contribution in [0.4, 0.5) is 0 Å². The minimum absolute atomic E-state index is 0.0868. The van der Waals surface area contributed by atoms with Crippen molar-refractivity contribution >= 4 is 11.6 Å². The van der Waals surface area contributed by atoms with Crippen molar-refractivity contribution in [2.45, 2.75) is 44.5 Å². The summed E-state index contributed by atoms with van der Waals surface area (Å²) < 4.78 is 1.99. The molecule has 0 saturated heterocycles. The first-order chi connectivity index (χ1) is 9.31. The van der Waals surface area contributed by atoms with E-state index in [1.165, 1.54) is 5.56 Å². The second-order valence-corrected chi connectivity index (χ2v) is 5.20. The maximum Gasteiger partial charge on any atom is 0.138 e. The zero-order valence-corrected chi connectivity index (χ0v) is 12.1. The van der Waals surface area contributed by atoms with Gasteiger partial charge in [-0.2, -0.15) is 5.10 Å². The van der Waals surface area contributed by atoms with Gasteiger partial charge in [0.05, 0.1) is 5.38 Å². The largest absolute Gasteiger partial charge is 0.250 e. The van der Waals surface area contributed by atoms with Crippen molar-refractivity contribution in [2.24, 2.45) is 0 Å². The van der Waals surface area contributed by atoms with E-state index in [0.29, 0.717) is 0 Å². The fraction of sp³-hybridized carbons (Fsp3) is 0.467. The van der Waals surface area contributed by atoms with Crippen LogP contribution in [-0.4, -0.2) is 14.8 Å². The molecule has 2 rings (SSSR count). The average Bonchev–Trinajstić information content (AvgIpc) is 2.88. The lowest BCUT2D eigenvalue weighted by atomic mass is 10.1. The highest BCUT2D eigenvalue weighted by Crippen LogP contribution is 2.25. The third-order valence-corrected chi connectivity index (χ3v) is 3.62. The third kappa shape index (κ3) is 4.06. The first-order valence-electron chi connectivity index (χ1n) is 6.87. The number of alkyl halides is 1. The average molecular weight is 278 g/mol. The lowest BCUT2D eigenvalue weighted by Crippen LogP contribution is -2.05. The molecule has 1 aromatic heterocycles. The molecule has 0 aliphatic carbocycles. The Labute approximate surface area is 119 Å². The Morgan fingerprint density at radius 3 is 2.79 bits per heavy atom. The molecular weight excluding hydrogens is 258 g/mol. The van der Waals surface area contributed by atoms with Crippen molar-refractivity contribution < 1.29 is 0 Å². The molecule has 1 atom stereocenters. The first-order valence-corrected chi connectivity index (χ1v) is 7.30. The second-order valence-electron chi connectivity index (χ2n) is 4.67. The molecular formula is C15H20ClN3. The van der Waals surface area contributed by atoms with Crippen molar-refractivity contribution in [2.75, 3.05) is 0 Å². The van der Waals surface area contributed by atoms with Crippen LogP contribution in [0.2, 0.25) is 0 Å². The number of aryl methyl sites for hydroxylation is 2. The van der Waals surface area contributed by atoms with Gasteiger partial charge in [-0.1, -0.05) is 37.3 Å². The summed E-state index contributed by atoms with van der Waals surface area (Å²) >= 11 is 6.40. The Hall–Kier alpha value is -1.35. The number of nitrogens with zero attached hydrogens (tertiary/aromatic N) is 3. The van der Waals surface area contributed by atoms with E-state index in [-0.39, 0.29) is 5.38 Å². The molecule has 0 aliphatic rings. The molecule has 3 nitrogen and oxygen atoms in total. The number of benzene rings is 1. The number of hydrogen-bond donors (Lipinski definition) is 0. The van der Waals surface area contributed by atoms with Crippen LogP contribution < -0.4 is 0 Å². The topological polar surface area (TPSA) is 30.7 Å². The second kappa shape index (κ2) is 7.29. The molecule has 0 N–H and O–H groups in total. The number of hydrogen-bond acceptors (Lipinski definition) is 2. The van der Waals surface area contributed by atoms with Gasteiger partial charge in [0.2, 0.25) is 0 Å². The number of aromatic nitrogens is 3. The van der Waals surface area contributed by atoms with E-state index in [0.717, 1.165) is 38.1 Å². The molecule has 4 heteroatoms. The standard InChI is InChI=1S/C15H20ClN3/c1-2-11-19-15(17-12-18-19)10-6-9-14(16)13-7-4-3-5-8-13/h3-5,7-8,12,14H,2,6,9-11H2,1H3. The minimum Gasteiger partial charge on any atom is -0.250 e. The van der Waals surface area contributed by atoms with Crippen LogP contribution >= 0.6 is 11.6 Å². The molecule has 0 amide bonds. The summed E-state index contributed by atoms with van der Waals surface area (Å²) in [6, 6.07) is 10.2. The normalized spacial score (nSPS) is 12.5. The van der Waals surface area contributed by atoms with E-state index in [1.54, 1.807) is 6.33 Å². The van der Waals surface area contributed by atoms with Gasteiger partial charge in [0.25, 0.3) is 0 Å². The molecule has 0 aliphatic heterocycles. The zero-order chi connectivity index (χ0) is 13.5. The third-order valence-electron chi connectivity index (χ3n) is 3.15. The molecule has 0 bridgehead atoms. The first kappa shape index (κ1) is 14.1. The van der Waals surface area contributed by atoms with Crippen LogP contribution in [0.1, 0.15) is 43.0 Å². The smallest absolute Gasteiger partial charge is 0.138 e. The van der Waals surface area contributed by atoms with Gasteiger partial charge >= 0.3 is 0 Å². The van der Waals surface area contributed by atoms with E-state index in [2.05, 4.69) is 29.1 Å². The summed E-state index contributed by atoms with van der Waals surface area (Å²) in [6.45, 7) is 3.09. The summed E-state index contributed by atoms with van der Waals surface area (Å²) in [5.74, 6) is 1.07. The van der Waals surface area contributed by atoms with Crippen molar-refractivity contribution in [3.05, 3.63) is 48.0 Å². The minimum atomic E-state index is 0.0868. The molecule has 2 aromatic rings. The van der Waals surface area contributed by atoms with Crippen molar-refractivity contribution in [1.82, 2.24) is 14.8 Å². The molecule has 0 radical (unpaired) electrons. The molecule has 0 fully saturated rings. The van der Waals surface area contributed by atoms with Crippen LogP contribution in [0.5, 0.6) is 0 Å². The quantitative estimate of drug-likeness (QED) is 0.717. The Kier molecular flexibility index (Phi) is 5.40. The van der Waals surface area contributed by atoms with Gasteiger partial charge in [0.1, 0.15) is 12.2 Å². The van der Waals surface area contributed by atoms with Gasteiger partial charge < -0.3 is 0 Å². The fourth-order valence-electron chi connectivity index (χ4n) is 2.15. The summed E-state index contributed by atoms with van der Waals surface area (Å²) in [5, 5.41) is 4.32. The molecule has 0 spiro atoms. The lowest BCUT2D eigenvalue weighted by Gasteiger charge is -2.09. The summed E-state index contributed by atoms with van der Waals surface area (Å²) in [6.07, 6.45) is 5.66. The molecule has 19 heavy (non-hydrogen) atoms. The zero-order valence-electron chi connectivity index (χ0n) is 11.3. The van der Waals surface area contributed by atoms with Crippen LogP contribution in [0.15, 0.2) is 36.7 Å². The molecule has 102 valence electrons. The maximum absolute atomic E-state index is 6.40. The number of rotatable bonds is 7. The van der Waals surface area contributed by atoms with E-state index in [1.807, 2.05) is 22.9 Å². The SMILES string of the molecule is CCCn1ncnc1CCCC(Cl)c1ccccc1. The van der Waals surface area contributed by atoms with Crippen molar-refractivity contribution in [3.8, 4) is 0 Å². The van der Waals surface area contributed by atoms with Gasteiger partial charge in [0, 0.05) is 13.0 Å².